The number of methoxy groups -OCH3 is 1. The summed E-state index contributed by atoms with van der Waals surface area (Å²) in [5.41, 5.74) is 3.18. The molecule has 1 rings (SSSR count). The van der Waals surface area contributed by atoms with Crippen LogP contribution in [0.3, 0.4) is 0 Å². The summed E-state index contributed by atoms with van der Waals surface area (Å²) >= 11 is 0. The van der Waals surface area contributed by atoms with Gasteiger partial charge in [0.2, 0.25) is 0 Å². The van der Waals surface area contributed by atoms with Crippen molar-refractivity contribution in [2.45, 2.75) is 6.18 Å². The molecule has 0 saturated heterocycles. The molecule has 0 aliphatic heterocycles. The molecule has 0 fully saturated rings. The third-order valence-electron chi connectivity index (χ3n) is 1.60. The molecule has 0 atom stereocenters. The highest BCUT2D eigenvalue weighted by molar-refractivity contribution is 5.89. The lowest BCUT2D eigenvalue weighted by molar-refractivity contribution is -0.138. The van der Waals surface area contributed by atoms with E-state index in [2.05, 4.69) is 9.72 Å². The van der Waals surface area contributed by atoms with Crippen molar-refractivity contribution in [3.8, 4) is 0 Å². The number of esters is 1. The molecule has 1 aromatic heterocycles. The molecule has 82 valence electrons. The van der Waals surface area contributed by atoms with Gasteiger partial charge in [0.25, 0.3) is 0 Å². The van der Waals surface area contributed by atoms with Gasteiger partial charge in [-0.25, -0.2) is 9.78 Å². The SMILES string of the molecule is COC(=O)c1nc(N)ccc1C(F)(F)F. The standard InChI is InChI=1S/C8H7F3N2O2/c1-15-7(14)6-4(8(9,10)11)2-3-5(12)13-6/h2-3H,1H3,(H2,12,13). The Morgan fingerprint density at radius 1 is 1.47 bits per heavy atom. The minimum atomic E-state index is -4.66. The predicted octanol–water partition coefficient (Wildman–Crippen LogP) is 1.47. The lowest BCUT2D eigenvalue weighted by Gasteiger charge is -2.10. The maximum Gasteiger partial charge on any atom is 0.418 e. The zero-order valence-corrected chi connectivity index (χ0v) is 7.63. The number of hydrogen-bond acceptors (Lipinski definition) is 4. The van der Waals surface area contributed by atoms with Crippen LogP contribution in [0, 0.1) is 0 Å². The summed E-state index contributed by atoms with van der Waals surface area (Å²) in [6.45, 7) is 0. The fourth-order valence-electron chi connectivity index (χ4n) is 0.955. The smallest absolute Gasteiger partial charge is 0.418 e. The first-order valence-corrected chi connectivity index (χ1v) is 3.78. The van der Waals surface area contributed by atoms with Crippen LogP contribution < -0.4 is 5.73 Å². The molecule has 4 nitrogen and oxygen atoms in total. The minimum Gasteiger partial charge on any atom is -0.464 e. The van der Waals surface area contributed by atoms with E-state index in [4.69, 9.17) is 5.73 Å². The summed E-state index contributed by atoms with van der Waals surface area (Å²) in [5, 5.41) is 0. The normalized spacial score (nSPS) is 11.2. The zero-order valence-electron chi connectivity index (χ0n) is 7.63. The van der Waals surface area contributed by atoms with Crippen LogP contribution in [-0.2, 0) is 10.9 Å². The van der Waals surface area contributed by atoms with E-state index in [1.54, 1.807) is 0 Å². The number of nitrogen functional groups attached to an aromatic ring is 1. The maximum absolute atomic E-state index is 12.4. The maximum atomic E-state index is 12.4. The Bertz CT molecular complexity index is 390. The second-order valence-electron chi connectivity index (χ2n) is 2.62. The fraction of sp³-hybridized carbons (Fsp3) is 0.250. The Morgan fingerprint density at radius 2 is 2.07 bits per heavy atom. The second kappa shape index (κ2) is 3.76. The molecule has 0 spiro atoms. The molecule has 0 aliphatic carbocycles. The fourth-order valence-corrected chi connectivity index (χ4v) is 0.955. The van der Waals surface area contributed by atoms with Crippen molar-refractivity contribution in [3.05, 3.63) is 23.4 Å². The number of carbonyl (C=O) groups is 1. The summed E-state index contributed by atoms with van der Waals surface area (Å²) in [4.78, 5) is 14.3. The van der Waals surface area contributed by atoms with Crippen LogP contribution in [-0.4, -0.2) is 18.1 Å². The molecule has 0 unspecified atom stereocenters. The zero-order chi connectivity index (χ0) is 11.6. The van der Waals surface area contributed by atoms with Gasteiger partial charge in [-0.05, 0) is 12.1 Å². The number of alkyl halides is 3. The number of anilines is 1. The number of hydrogen-bond donors (Lipinski definition) is 1. The van der Waals surface area contributed by atoms with Gasteiger partial charge in [0.1, 0.15) is 5.82 Å². The van der Waals surface area contributed by atoms with Crippen LogP contribution in [0.2, 0.25) is 0 Å². The van der Waals surface area contributed by atoms with E-state index in [-0.39, 0.29) is 5.82 Å². The summed E-state index contributed by atoms with van der Waals surface area (Å²) in [6.07, 6.45) is -4.66. The summed E-state index contributed by atoms with van der Waals surface area (Å²) in [6, 6.07) is 1.66. The highest BCUT2D eigenvalue weighted by atomic mass is 19.4. The Hall–Kier alpha value is -1.79. The number of pyridine rings is 1. The highest BCUT2D eigenvalue weighted by Crippen LogP contribution is 2.31. The van der Waals surface area contributed by atoms with Crippen molar-refractivity contribution in [2.75, 3.05) is 12.8 Å². The molecule has 0 radical (unpaired) electrons. The number of carbonyl (C=O) groups excluding carboxylic acids is 1. The van der Waals surface area contributed by atoms with Gasteiger partial charge in [0.05, 0.1) is 12.7 Å². The second-order valence-corrected chi connectivity index (χ2v) is 2.62. The topological polar surface area (TPSA) is 65.2 Å². The van der Waals surface area contributed by atoms with E-state index in [1.165, 1.54) is 0 Å². The quantitative estimate of drug-likeness (QED) is 0.728. The van der Waals surface area contributed by atoms with Gasteiger partial charge >= 0.3 is 12.1 Å². The molecule has 2 N–H and O–H groups in total. The summed E-state index contributed by atoms with van der Waals surface area (Å²) in [7, 11) is 0.966. The first kappa shape index (κ1) is 11.3. The molecule has 0 aromatic carbocycles. The molecule has 0 saturated carbocycles. The van der Waals surface area contributed by atoms with Crippen LogP contribution in [0.4, 0.5) is 19.0 Å². The first-order valence-electron chi connectivity index (χ1n) is 3.78. The van der Waals surface area contributed by atoms with Gasteiger partial charge in [-0.3, -0.25) is 0 Å². The van der Waals surface area contributed by atoms with Gasteiger partial charge in [0.15, 0.2) is 5.69 Å². The van der Waals surface area contributed by atoms with E-state index in [1.807, 2.05) is 0 Å². The van der Waals surface area contributed by atoms with Crippen LogP contribution in [0.5, 0.6) is 0 Å². The molecular weight excluding hydrogens is 213 g/mol. The van der Waals surface area contributed by atoms with Gasteiger partial charge in [-0.1, -0.05) is 0 Å². The van der Waals surface area contributed by atoms with Gasteiger partial charge in [-0.2, -0.15) is 13.2 Å². The van der Waals surface area contributed by atoms with Crippen molar-refractivity contribution in [1.82, 2.24) is 4.98 Å². The summed E-state index contributed by atoms with van der Waals surface area (Å²) in [5.74, 6) is -1.35. The Kier molecular flexibility index (Phi) is 2.83. The molecule has 0 bridgehead atoms. The van der Waals surface area contributed by atoms with E-state index >= 15 is 0 Å². The van der Waals surface area contributed by atoms with Gasteiger partial charge in [0, 0.05) is 0 Å². The number of rotatable bonds is 1. The lowest BCUT2D eigenvalue weighted by Crippen LogP contribution is -2.16. The molecule has 0 amide bonds. The monoisotopic (exact) mass is 220 g/mol. The van der Waals surface area contributed by atoms with Crippen molar-refractivity contribution in [3.63, 3.8) is 0 Å². The Morgan fingerprint density at radius 3 is 2.53 bits per heavy atom. The molecular formula is C8H7F3N2O2. The molecule has 1 aromatic rings. The lowest BCUT2D eigenvalue weighted by atomic mass is 10.2. The number of nitrogens with two attached hydrogens (primary N) is 1. The van der Waals surface area contributed by atoms with Gasteiger partial charge in [-0.15, -0.1) is 0 Å². The summed E-state index contributed by atoms with van der Waals surface area (Å²) < 4.78 is 41.3. The Labute approximate surface area is 82.9 Å². The van der Waals surface area contributed by atoms with E-state index < -0.39 is 23.4 Å². The third-order valence-corrected chi connectivity index (χ3v) is 1.60. The van der Waals surface area contributed by atoms with Crippen LogP contribution in [0.25, 0.3) is 0 Å². The molecule has 7 heteroatoms. The first-order chi connectivity index (χ1) is 6.86. The van der Waals surface area contributed by atoms with Crippen LogP contribution >= 0.6 is 0 Å². The number of ether oxygens (including phenoxy) is 1. The van der Waals surface area contributed by atoms with Crippen molar-refractivity contribution < 1.29 is 22.7 Å². The average molecular weight is 220 g/mol. The van der Waals surface area contributed by atoms with Crippen molar-refractivity contribution in [2.24, 2.45) is 0 Å². The minimum absolute atomic E-state index is 0.177. The van der Waals surface area contributed by atoms with Gasteiger partial charge < -0.3 is 10.5 Å². The number of nitrogens with zero attached hydrogens (tertiary/aromatic N) is 1. The van der Waals surface area contributed by atoms with E-state index in [0.717, 1.165) is 13.2 Å². The van der Waals surface area contributed by atoms with Crippen molar-refractivity contribution >= 4 is 11.8 Å². The average Bonchev–Trinajstić information content (AvgIpc) is 2.14. The largest absolute Gasteiger partial charge is 0.464 e. The predicted molar refractivity (Wildman–Crippen MR) is 45.0 cm³/mol. The molecule has 15 heavy (non-hydrogen) atoms. The van der Waals surface area contributed by atoms with Crippen molar-refractivity contribution in [1.29, 1.82) is 0 Å². The van der Waals surface area contributed by atoms with E-state index in [9.17, 15) is 18.0 Å². The third kappa shape index (κ3) is 2.36. The van der Waals surface area contributed by atoms with E-state index in [0.29, 0.717) is 6.07 Å². The number of aromatic nitrogens is 1. The van der Waals surface area contributed by atoms with Crippen LogP contribution in [0.15, 0.2) is 12.1 Å². The Balaban J connectivity index is 3.33. The molecule has 0 aliphatic rings. The molecule has 1 heterocycles. The number of halogens is 3. The highest BCUT2D eigenvalue weighted by Gasteiger charge is 2.36. The van der Waals surface area contributed by atoms with Crippen LogP contribution in [0.1, 0.15) is 16.1 Å².